The normalized spacial score (nSPS) is 16.8. The molecule has 2 aromatic rings. The average Bonchev–Trinajstić information content (AvgIpc) is 3.02. The zero-order valence-electron chi connectivity index (χ0n) is 9.49. The topological polar surface area (TPSA) is 33.1 Å². The summed E-state index contributed by atoms with van der Waals surface area (Å²) in [5, 5.41) is 11.6. The second-order valence-electron chi connectivity index (χ2n) is 4.60. The molecule has 0 aliphatic heterocycles. The zero-order chi connectivity index (χ0) is 12.8. The molecule has 1 saturated carbocycles. The van der Waals surface area contributed by atoms with Crippen LogP contribution in [-0.4, -0.2) is 16.7 Å². The highest BCUT2D eigenvalue weighted by Gasteiger charge is 2.45. The van der Waals surface area contributed by atoms with Crippen LogP contribution in [-0.2, 0) is 5.41 Å². The van der Waals surface area contributed by atoms with Crippen LogP contribution in [0.5, 0.6) is 0 Å². The number of aromatic nitrogens is 1. The Morgan fingerprint density at radius 1 is 1.33 bits per heavy atom. The van der Waals surface area contributed by atoms with Gasteiger partial charge in [0.05, 0.1) is 12.3 Å². The first-order valence-electron chi connectivity index (χ1n) is 5.67. The molecule has 1 fully saturated rings. The average molecular weight is 267 g/mol. The Morgan fingerprint density at radius 3 is 2.78 bits per heavy atom. The van der Waals surface area contributed by atoms with Gasteiger partial charge in [-0.15, -0.1) is 11.3 Å². The van der Waals surface area contributed by atoms with Crippen molar-refractivity contribution < 1.29 is 13.9 Å². The largest absolute Gasteiger partial charge is 0.395 e. The predicted molar refractivity (Wildman–Crippen MR) is 65.5 cm³/mol. The van der Waals surface area contributed by atoms with Crippen molar-refractivity contribution in [1.82, 2.24) is 4.98 Å². The maximum Gasteiger partial charge on any atom is 0.133 e. The van der Waals surface area contributed by atoms with Crippen LogP contribution in [0.25, 0.3) is 10.6 Å². The lowest BCUT2D eigenvalue weighted by Crippen LogP contribution is -2.12. The molecule has 0 amide bonds. The first-order chi connectivity index (χ1) is 8.64. The van der Waals surface area contributed by atoms with Gasteiger partial charge in [0.15, 0.2) is 0 Å². The Bertz CT molecular complexity index is 592. The van der Waals surface area contributed by atoms with Crippen LogP contribution in [0.3, 0.4) is 0 Å². The molecule has 1 aromatic heterocycles. The molecule has 1 aliphatic rings. The van der Waals surface area contributed by atoms with Crippen LogP contribution in [0.4, 0.5) is 8.78 Å². The lowest BCUT2D eigenvalue weighted by atomic mass is 10.1. The Balaban J connectivity index is 2.00. The monoisotopic (exact) mass is 267 g/mol. The van der Waals surface area contributed by atoms with Crippen molar-refractivity contribution in [3.8, 4) is 10.6 Å². The zero-order valence-corrected chi connectivity index (χ0v) is 10.3. The molecule has 0 unspecified atom stereocenters. The lowest BCUT2D eigenvalue weighted by molar-refractivity contribution is 0.253. The smallest absolute Gasteiger partial charge is 0.133 e. The third kappa shape index (κ3) is 1.83. The number of nitrogens with zero attached hydrogens (tertiary/aromatic N) is 1. The van der Waals surface area contributed by atoms with Crippen molar-refractivity contribution >= 4 is 11.3 Å². The van der Waals surface area contributed by atoms with Gasteiger partial charge in [-0.05, 0) is 31.0 Å². The fourth-order valence-electron chi connectivity index (χ4n) is 1.95. The molecule has 1 N–H and O–H groups in total. The molecular formula is C13H11F2NOS. The van der Waals surface area contributed by atoms with Crippen LogP contribution in [0.15, 0.2) is 23.6 Å². The Labute approximate surface area is 107 Å². The van der Waals surface area contributed by atoms with Gasteiger partial charge in [0.1, 0.15) is 16.6 Å². The molecule has 0 spiro atoms. The minimum atomic E-state index is -0.480. The van der Waals surface area contributed by atoms with Gasteiger partial charge in [-0.3, -0.25) is 0 Å². The van der Waals surface area contributed by atoms with Crippen LogP contribution in [0, 0.1) is 11.6 Å². The highest BCUT2D eigenvalue weighted by molar-refractivity contribution is 7.13. The number of hydrogen-bond donors (Lipinski definition) is 1. The third-order valence-electron chi connectivity index (χ3n) is 3.36. The van der Waals surface area contributed by atoms with E-state index in [2.05, 4.69) is 4.98 Å². The molecule has 0 saturated heterocycles. The van der Waals surface area contributed by atoms with Gasteiger partial charge in [-0.1, -0.05) is 0 Å². The number of rotatable bonds is 3. The van der Waals surface area contributed by atoms with Crippen LogP contribution in [0.1, 0.15) is 18.5 Å². The molecule has 18 heavy (non-hydrogen) atoms. The summed E-state index contributed by atoms with van der Waals surface area (Å²) < 4.78 is 26.7. The summed E-state index contributed by atoms with van der Waals surface area (Å²) in [5.41, 5.74) is 0.729. The SMILES string of the molecule is OCC1(c2csc(-c3cc(F)ccc3F)n2)CC1. The highest BCUT2D eigenvalue weighted by Crippen LogP contribution is 2.48. The number of thiazole rings is 1. The molecule has 94 valence electrons. The molecule has 0 radical (unpaired) electrons. The fourth-order valence-corrected chi connectivity index (χ4v) is 2.91. The van der Waals surface area contributed by atoms with E-state index < -0.39 is 11.6 Å². The van der Waals surface area contributed by atoms with E-state index in [1.807, 2.05) is 5.38 Å². The first kappa shape index (κ1) is 11.7. The minimum Gasteiger partial charge on any atom is -0.395 e. The Hall–Kier alpha value is -1.33. The molecule has 1 aliphatic carbocycles. The maximum atomic E-state index is 13.6. The molecule has 1 heterocycles. The molecule has 5 heteroatoms. The maximum absolute atomic E-state index is 13.6. The summed E-state index contributed by atoms with van der Waals surface area (Å²) in [6, 6.07) is 3.34. The van der Waals surface area contributed by atoms with Crippen LogP contribution < -0.4 is 0 Å². The standard InChI is InChI=1S/C13H11F2NOS/c14-8-1-2-10(15)9(5-8)12-16-11(6-18-12)13(7-17)3-4-13/h1-2,5-6,17H,3-4,7H2. The quantitative estimate of drug-likeness (QED) is 0.927. The minimum absolute atomic E-state index is 0.0573. The van der Waals surface area contributed by atoms with Gasteiger partial charge in [0.2, 0.25) is 0 Å². The molecule has 0 bridgehead atoms. The van der Waals surface area contributed by atoms with E-state index in [0.29, 0.717) is 5.01 Å². The van der Waals surface area contributed by atoms with E-state index in [1.54, 1.807) is 0 Å². The van der Waals surface area contributed by atoms with Crippen molar-refractivity contribution in [2.75, 3.05) is 6.61 Å². The van der Waals surface area contributed by atoms with E-state index in [4.69, 9.17) is 0 Å². The molecule has 2 nitrogen and oxygen atoms in total. The predicted octanol–water partition coefficient (Wildman–Crippen LogP) is 3.11. The summed E-state index contributed by atoms with van der Waals surface area (Å²) >= 11 is 1.28. The number of hydrogen-bond acceptors (Lipinski definition) is 3. The van der Waals surface area contributed by atoms with E-state index in [-0.39, 0.29) is 17.6 Å². The molecule has 1 aromatic carbocycles. The number of benzene rings is 1. The van der Waals surface area contributed by atoms with Gasteiger partial charge in [-0.2, -0.15) is 0 Å². The van der Waals surface area contributed by atoms with E-state index in [9.17, 15) is 13.9 Å². The summed E-state index contributed by atoms with van der Waals surface area (Å²) in [4.78, 5) is 4.34. The number of aliphatic hydroxyl groups is 1. The van der Waals surface area contributed by atoms with Crippen molar-refractivity contribution in [2.24, 2.45) is 0 Å². The Kier molecular flexibility index (Phi) is 2.68. The van der Waals surface area contributed by atoms with Gasteiger partial charge in [0.25, 0.3) is 0 Å². The molecule has 3 rings (SSSR count). The van der Waals surface area contributed by atoms with E-state index in [1.165, 1.54) is 11.3 Å². The van der Waals surface area contributed by atoms with Crippen molar-refractivity contribution in [2.45, 2.75) is 18.3 Å². The summed E-state index contributed by atoms with van der Waals surface area (Å²) in [7, 11) is 0. The van der Waals surface area contributed by atoms with Gasteiger partial charge in [0, 0.05) is 16.4 Å². The lowest BCUT2D eigenvalue weighted by Gasteiger charge is -2.06. The summed E-state index contributed by atoms with van der Waals surface area (Å²) in [6.45, 7) is 0.0573. The molecule has 0 atom stereocenters. The molecular weight excluding hydrogens is 256 g/mol. The van der Waals surface area contributed by atoms with Crippen molar-refractivity contribution in [3.63, 3.8) is 0 Å². The first-order valence-corrected chi connectivity index (χ1v) is 6.55. The second-order valence-corrected chi connectivity index (χ2v) is 5.46. The fraction of sp³-hybridized carbons (Fsp3) is 0.308. The summed E-state index contributed by atoms with van der Waals surface area (Å²) in [5.74, 6) is -0.961. The van der Waals surface area contributed by atoms with Crippen LogP contribution in [0.2, 0.25) is 0 Å². The number of aliphatic hydroxyl groups excluding tert-OH is 1. The van der Waals surface area contributed by atoms with Crippen LogP contribution >= 0.6 is 11.3 Å². The summed E-state index contributed by atoms with van der Waals surface area (Å²) in [6.07, 6.45) is 1.80. The van der Waals surface area contributed by atoms with Gasteiger partial charge < -0.3 is 5.11 Å². The van der Waals surface area contributed by atoms with Gasteiger partial charge in [-0.25, -0.2) is 13.8 Å². The van der Waals surface area contributed by atoms with Gasteiger partial charge >= 0.3 is 0 Å². The Morgan fingerprint density at radius 2 is 2.11 bits per heavy atom. The third-order valence-corrected chi connectivity index (χ3v) is 4.24. The van der Waals surface area contributed by atoms with E-state index in [0.717, 1.165) is 36.7 Å². The second kappa shape index (κ2) is 4.10. The highest BCUT2D eigenvalue weighted by atomic mass is 32.1. The van der Waals surface area contributed by atoms with E-state index >= 15 is 0 Å². The number of halogens is 2. The van der Waals surface area contributed by atoms with Crippen molar-refractivity contribution in [3.05, 3.63) is 40.9 Å². The van der Waals surface area contributed by atoms with Crippen molar-refractivity contribution in [1.29, 1.82) is 0 Å².